The summed E-state index contributed by atoms with van der Waals surface area (Å²) < 4.78 is 0. The van der Waals surface area contributed by atoms with Crippen molar-refractivity contribution in [3.05, 3.63) is 29.8 Å². The molecule has 1 fully saturated rings. The van der Waals surface area contributed by atoms with Crippen LogP contribution in [0.2, 0.25) is 0 Å². The van der Waals surface area contributed by atoms with Crippen molar-refractivity contribution in [1.29, 1.82) is 0 Å². The van der Waals surface area contributed by atoms with Crippen molar-refractivity contribution in [1.82, 2.24) is 5.32 Å². The van der Waals surface area contributed by atoms with Crippen molar-refractivity contribution in [2.24, 2.45) is 17.6 Å². The Morgan fingerprint density at radius 2 is 2.14 bits per heavy atom. The Hall–Kier alpha value is -1.88. The molecule has 0 heterocycles. The van der Waals surface area contributed by atoms with Gasteiger partial charge in [0.15, 0.2) is 0 Å². The lowest BCUT2D eigenvalue weighted by molar-refractivity contribution is -0.126. The van der Waals surface area contributed by atoms with E-state index in [1.54, 1.807) is 0 Å². The van der Waals surface area contributed by atoms with Gasteiger partial charge in [-0.2, -0.15) is 0 Å². The van der Waals surface area contributed by atoms with E-state index in [2.05, 4.69) is 10.6 Å². The first-order chi connectivity index (χ1) is 10.1. The zero-order valence-electron chi connectivity index (χ0n) is 12.4. The first-order valence-corrected chi connectivity index (χ1v) is 7.44. The first kappa shape index (κ1) is 15.5. The van der Waals surface area contributed by atoms with E-state index >= 15 is 0 Å². The number of benzene rings is 1. The zero-order chi connectivity index (χ0) is 15.2. The van der Waals surface area contributed by atoms with Crippen LogP contribution in [0.1, 0.15) is 31.7 Å². The van der Waals surface area contributed by atoms with E-state index in [4.69, 9.17) is 5.73 Å². The Labute approximate surface area is 125 Å². The predicted octanol–water partition coefficient (Wildman–Crippen LogP) is 1.64. The molecule has 1 aromatic rings. The normalized spacial score (nSPS) is 21.0. The number of nitrogens with two attached hydrogens (primary N) is 1. The Bertz CT molecular complexity index is 516. The molecule has 2 atom stereocenters. The minimum atomic E-state index is -0.104. The lowest BCUT2D eigenvalue weighted by atomic mass is 9.95. The second-order valence-electron chi connectivity index (χ2n) is 5.63. The van der Waals surface area contributed by atoms with Gasteiger partial charge < -0.3 is 16.4 Å². The zero-order valence-corrected chi connectivity index (χ0v) is 12.4. The highest BCUT2D eigenvalue weighted by Crippen LogP contribution is 2.31. The van der Waals surface area contributed by atoms with Gasteiger partial charge in [0.1, 0.15) is 0 Å². The Balaban J connectivity index is 1.90. The van der Waals surface area contributed by atoms with Crippen molar-refractivity contribution in [3.63, 3.8) is 0 Å². The number of hydrogen-bond acceptors (Lipinski definition) is 3. The predicted molar refractivity (Wildman–Crippen MR) is 82.5 cm³/mol. The molecule has 1 aliphatic rings. The number of carbonyl (C=O) groups is 2. The van der Waals surface area contributed by atoms with Crippen molar-refractivity contribution in [2.45, 2.75) is 32.7 Å². The number of rotatable bonds is 5. The van der Waals surface area contributed by atoms with Gasteiger partial charge in [0.25, 0.3) is 0 Å². The molecule has 0 spiro atoms. The molecule has 0 aliphatic heterocycles. The molecule has 5 heteroatoms. The number of hydrogen-bond donors (Lipinski definition) is 3. The Morgan fingerprint density at radius 3 is 2.86 bits per heavy atom. The number of carbonyl (C=O) groups excluding carboxylic acids is 2. The van der Waals surface area contributed by atoms with Crippen LogP contribution < -0.4 is 16.4 Å². The topological polar surface area (TPSA) is 84.2 Å². The Kier molecular flexibility index (Phi) is 5.33. The van der Waals surface area contributed by atoms with Crippen LogP contribution in [0, 0.1) is 11.8 Å². The highest BCUT2D eigenvalue weighted by atomic mass is 16.2. The second kappa shape index (κ2) is 7.22. The van der Waals surface area contributed by atoms with Crippen molar-refractivity contribution >= 4 is 17.5 Å². The highest BCUT2D eigenvalue weighted by Gasteiger charge is 2.31. The maximum Gasteiger partial charge on any atom is 0.223 e. The summed E-state index contributed by atoms with van der Waals surface area (Å²) in [7, 11) is 0. The monoisotopic (exact) mass is 289 g/mol. The molecule has 1 saturated carbocycles. The fourth-order valence-electron chi connectivity index (χ4n) is 2.95. The Morgan fingerprint density at radius 1 is 1.33 bits per heavy atom. The molecular weight excluding hydrogens is 266 g/mol. The van der Waals surface area contributed by atoms with E-state index in [1.807, 2.05) is 24.3 Å². The number of amides is 2. The van der Waals surface area contributed by atoms with Gasteiger partial charge in [0.2, 0.25) is 11.8 Å². The third-order valence-electron chi connectivity index (χ3n) is 4.01. The van der Waals surface area contributed by atoms with Crippen LogP contribution in [-0.2, 0) is 16.1 Å². The lowest BCUT2D eigenvalue weighted by Gasteiger charge is -2.17. The van der Waals surface area contributed by atoms with E-state index in [0.29, 0.717) is 19.0 Å². The SMILES string of the molecule is CC(=O)Nc1cccc(CNC(=O)[C@@H]2CCC[C@@H]2CN)c1. The van der Waals surface area contributed by atoms with Crippen LogP contribution in [0.4, 0.5) is 5.69 Å². The number of nitrogens with one attached hydrogen (secondary N) is 2. The highest BCUT2D eigenvalue weighted by molar-refractivity contribution is 5.88. The first-order valence-electron chi connectivity index (χ1n) is 7.44. The third-order valence-corrected chi connectivity index (χ3v) is 4.01. The molecule has 2 amide bonds. The van der Waals surface area contributed by atoms with Crippen LogP contribution in [0.3, 0.4) is 0 Å². The van der Waals surface area contributed by atoms with E-state index in [0.717, 1.165) is 30.5 Å². The second-order valence-corrected chi connectivity index (χ2v) is 5.63. The van der Waals surface area contributed by atoms with Crippen LogP contribution in [0.5, 0.6) is 0 Å². The average Bonchev–Trinajstić information content (AvgIpc) is 2.93. The van der Waals surface area contributed by atoms with E-state index in [1.165, 1.54) is 6.92 Å². The molecule has 4 N–H and O–H groups in total. The molecule has 1 aromatic carbocycles. The fraction of sp³-hybridized carbons (Fsp3) is 0.500. The third kappa shape index (κ3) is 4.29. The summed E-state index contributed by atoms with van der Waals surface area (Å²) in [5, 5.41) is 5.71. The molecule has 0 bridgehead atoms. The van der Waals surface area contributed by atoms with Gasteiger partial charge in [-0.15, -0.1) is 0 Å². The van der Waals surface area contributed by atoms with E-state index < -0.39 is 0 Å². The van der Waals surface area contributed by atoms with Gasteiger partial charge in [-0.1, -0.05) is 18.6 Å². The van der Waals surface area contributed by atoms with Gasteiger partial charge in [-0.05, 0) is 43.0 Å². The molecule has 0 saturated heterocycles. The van der Waals surface area contributed by atoms with Crippen LogP contribution in [0.25, 0.3) is 0 Å². The molecule has 21 heavy (non-hydrogen) atoms. The largest absolute Gasteiger partial charge is 0.352 e. The van der Waals surface area contributed by atoms with Crippen molar-refractivity contribution < 1.29 is 9.59 Å². The lowest BCUT2D eigenvalue weighted by Crippen LogP contribution is -2.34. The molecule has 0 aromatic heterocycles. The summed E-state index contributed by atoms with van der Waals surface area (Å²) in [4.78, 5) is 23.3. The molecular formula is C16H23N3O2. The summed E-state index contributed by atoms with van der Waals surface area (Å²) >= 11 is 0. The molecule has 1 aliphatic carbocycles. The van der Waals surface area contributed by atoms with Gasteiger partial charge >= 0.3 is 0 Å². The molecule has 5 nitrogen and oxygen atoms in total. The smallest absolute Gasteiger partial charge is 0.223 e. The minimum Gasteiger partial charge on any atom is -0.352 e. The summed E-state index contributed by atoms with van der Waals surface area (Å²) in [6.45, 7) is 2.53. The summed E-state index contributed by atoms with van der Waals surface area (Å²) in [5.74, 6) is 0.352. The quantitative estimate of drug-likeness (QED) is 0.770. The van der Waals surface area contributed by atoms with Gasteiger partial charge in [0.05, 0.1) is 0 Å². The summed E-state index contributed by atoms with van der Waals surface area (Å²) in [5.41, 5.74) is 7.43. The maximum absolute atomic E-state index is 12.2. The van der Waals surface area contributed by atoms with Gasteiger partial charge in [0, 0.05) is 25.1 Å². The van der Waals surface area contributed by atoms with Crippen LogP contribution in [-0.4, -0.2) is 18.4 Å². The fourth-order valence-corrected chi connectivity index (χ4v) is 2.95. The van der Waals surface area contributed by atoms with Crippen LogP contribution >= 0.6 is 0 Å². The molecule has 0 unspecified atom stereocenters. The molecule has 0 radical (unpaired) electrons. The standard InChI is InChI=1S/C16H23N3O2/c1-11(20)19-14-6-2-4-12(8-14)10-18-16(21)15-7-3-5-13(15)9-17/h2,4,6,8,13,15H,3,5,7,9-10,17H2,1H3,(H,18,21)(H,19,20)/t13-,15-/m1/s1. The maximum atomic E-state index is 12.2. The minimum absolute atomic E-state index is 0.0496. The van der Waals surface area contributed by atoms with Crippen molar-refractivity contribution in [3.8, 4) is 0 Å². The van der Waals surface area contributed by atoms with Crippen LogP contribution in [0.15, 0.2) is 24.3 Å². The molecule has 114 valence electrons. The summed E-state index contributed by atoms with van der Waals surface area (Å²) in [6.07, 6.45) is 3.06. The number of anilines is 1. The average molecular weight is 289 g/mol. The molecule has 2 rings (SSSR count). The van der Waals surface area contributed by atoms with Gasteiger partial charge in [-0.25, -0.2) is 0 Å². The summed E-state index contributed by atoms with van der Waals surface area (Å²) in [6, 6.07) is 7.50. The van der Waals surface area contributed by atoms with Crippen molar-refractivity contribution in [2.75, 3.05) is 11.9 Å². The van der Waals surface area contributed by atoms with E-state index in [9.17, 15) is 9.59 Å². The van der Waals surface area contributed by atoms with Gasteiger partial charge in [-0.3, -0.25) is 9.59 Å². The van der Waals surface area contributed by atoms with E-state index in [-0.39, 0.29) is 17.7 Å².